The minimum atomic E-state index is -0.794. The summed E-state index contributed by atoms with van der Waals surface area (Å²) in [6.07, 6.45) is 1.76. The number of fused-ring (bicyclic) bond motifs is 1. The standard InChI is InChI=1S/C26H25ClN2O6S/c1-15-22(25(31)35-12-11-32-2)23(17-7-5-6-8-18(17)27)29-24(30)21(36-26(29)28-15)14-16-9-10-19(33-3)20(13-16)34-4/h5-10,13-14,23H,11-12H2,1-4H3/b21-14-/t23-/m1/s1. The molecule has 8 nitrogen and oxygen atoms in total. The largest absolute Gasteiger partial charge is 0.493 e. The number of carbonyl (C=O) groups excluding carboxylic acids is 1. The van der Waals surface area contributed by atoms with Gasteiger partial charge in [0.15, 0.2) is 16.3 Å². The van der Waals surface area contributed by atoms with Crippen LogP contribution in [-0.4, -0.2) is 45.1 Å². The van der Waals surface area contributed by atoms with Crippen molar-refractivity contribution in [2.45, 2.75) is 13.0 Å². The van der Waals surface area contributed by atoms with Crippen LogP contribution in [0.4, 0.5) is 0 Å². The third-order valence-corrected chi connectivity index (χ3v) is 6.99. The van der Waals surface area contributed by atoms with E-state index in [0.717, 1.165) is 5.56 Å². The number of thiazole rings is 1. The van der Waals surface area contributed by atoms with Crippen LogP contribution in [0.2, 0.25) is 5.02 Å². The molecule has 0 saturated heterocycles. The number of hydrogen-bond donors (Lipinski definition) is 0. The van der Waals surface area contributed by atoms with E-state index in [2.05, 4.69) is 4.99 Å². The van der Waals surface area contributed by atoms with Gasteiger partial charge in [-0.2, -0.15) is 0 Å². The zero-order chi connectivity index (χ0) is 25.8. The van der Waals surface area contributed by atoms with E-state index < -0.39 is 12.0 Å². The van der Waals surface area contributed by atoms with Crippen LogP contribution in [-0.2, 0) is 14.3 Å². The highest BCUT2D eigenvalue weighted by Crippen LogP contribution is 2.34. The van der Waals surface area contributed by atoms with Gasteiger partial charge in [-0.3, -0.25) is 9.36 Å². The maximum absolute atomic E-state index is 13.7. The normalized spacial score (nSPS) is 15.4. The van der Waals surface area contributed by atoms with Crippen molar-refractivity contribution in [3.05, 3.63) is 89.6 Å². The molecule has 36 heavy (non-hydrogen) atoms. The van der Waals surface area contributed by atoms with Gasteiger partial charge in [0.2, 0.25) is 0 Å². The molecule has 1 aliphatic rings. The van der Waals surface area contributed by atoms with Crippen LogP contribution in [0.15, 0.2) is 63.5 Å². The molecule has 4 rings (SSSR count). The average Bonchev–Trinajstić information content (AvgIpc) is 3.17. The molecule has 2 heterocycles. The Hall–Kier alpha value is -3.40. The number of benzene rings is 2. The smallest absolute Gasteiger partial charge is 0.338 e. The number of esters is 1. The third-order valence-electron chi connectivity index (χ3n) is 5.67. The highest BCUT2D eigenvalue weighted by molar-refractivity contribution is 7.07. The van der Waals surface area contributed by atoms with Crippen LogP contribution in [0.25, 0.3) is 6.08 Å². The lowest BCUT2D eigenvalue weighted by molar-refractivity contribution is -0.140. The van der Waals surface area contributed by atoms with Crippen molar-refractivity contribution >= 4 is 35.0 Å². The Bertz CT molecular complexity index is 1510. The van der Waals surface area contributed by atoms with Gasteiger partial charge in [0.1, 0.15) is 12.6 Å². The van der Waals surface area contributed by atoms with Gasteiger partial charge in [-0.25, -0.2) is 9.79 Å². The summed E-state index contributed by atoms with van der Waals surface area (Å²) in [4.78, 5) is 31.9. The fourth-order valence-corrected chi connectivity index (χ4v) is 5.25. The van der Waals surface area contributed by atoms with Crippen LogP contribution in [0.5, 0.6) is 11.5 Å². The van der Waals surface area contributed by atoms with E-state index in [1.807, 2.05) is 12.1 Å². The number of hydrogen-bond acceptors (Lipinski definition) is 8. The first-order valence-electron chi connectivity index (χ1n) is 11.0. The molecule has 188 valence electrons. The zero-order valence-electron chi connectivity index (χ0n) is 20.2. The first kappa shape index (κ1) is 25.7. The molecule has 3 aromatic rings. The van der Waals surface area contributed by atoms with E-state index in [0.29, 0.717) is 37.1 Å². The van der Waals surface area contributed by atoms with Crippen LogP contribution in [0.3, 0.4) is 0 Å². The Balaban J connectivity index is 1.89. The van der Waals surface area contributed by atoms with Gasteiger partial charge in [0.25, 0.3) is 5.56 Å². The number of rotatable bonds is 8. The Kier molecular flexibility index (Phi) is 7.93. The molecule has 0 saturated carbocycles. The molecule has 0 radical (unpaired) electrons. The van der Waals surface area contributed by atoms with E-state index in [4.69, 9.17) is 30.5 Å². The number of aromatic nitrogens is 1. The lowest BCUT2D eigenvalue weighted by Gasteiger charge is -2.25. The quantitative estimate of drug-likeness (QED) is 0.330. The van der Waals surface area contributed by atoms with Crippen molar-refractivity contribution in [1.29, 1.82) is 0 Å². The van der Waals surface area contributed by atoms with E-state index in [1.54, 1.807) is 57.6 Å². The number of allylic oxidation sites excluding steroid dienone is 1. The van der Waals surface area contributed by atoms with Gasteiger partial charge in [0.05, 0.1) is 36.6 Å². The molecule has 0 bridgehead atoms. The maximum atomic E-state index is 13.7. The molecule has 1 atom stereocenters. The highest BCUT2D eigenvalue weighted by Gasteiger charge is 2.34. The lowest BCUT2D eigenvalue weighted by Crippen LogP contribution is -2.40. The van der Waals surface area contributed by atoms with Crippen molar-refractivity contribution in [3.8, 4) is 11.5 Å². The second kappa shape index (κ2) is 11.1. The minimum Gasteiger partial charge on any atom is -0.493 e. The molecule has 1 aromatic heterocycles. The summed E-state index contributed by atoms with van der Waals surface area (Å²) < 4.78 is 23.0. The number of nitrogens with zero attached hydrogens (tertiary/aromatic N) is 2. The summed E-state index contributed by atoms with van der Waals surface area (Å²) in [6.45, 7) is 2.05. The van der Waals surface area contributed by atoms with Crippen molar-refractivity contribution in [1.82, 2.24) is 4.57 Å². The molecule has 10 heteroatoms. The maximum Gasteiger partial charge on any atom is 0.338 e. The molecule has 2 aromatic carbocycles. The summed E-state index contributed by atoms with van der Waals surface area (Å²) in [6, 6.07) is 11.7. The summed E-state index contributed by atoms with van der Waals surface area (Å²) in [5.41, 5.74) is 1.77. The van der Waals surface area contributed by atoms with E-state index in [9.17, 15) is 9.59 Å². The molecule has 1 aliphatic heterocycles. The summed E-state index contributed by atoms with van der Waals surface area (Å²) in [7, 11) is 4.63. The molecule has 0 amide bonds. The Morgan fingerprint density at radius 2 is 1.86 bits per heavy atom. The summed E-state index contributed by atoms with van der Waals surface area (Å²) in [5.74, 6) is 0.555. The molecule has 0 spiro atoms. The fourth-order valence-electron chi connectivity index (χ4n) is 3.96. The molecule has 0 N–H and O–H groups in total. The topological polar surface area (TPSA) is 88.4 Å². The van der Waals surface area contributed by atoms with Gasteiger partial charge in [-0.05, 0) is 42.3 Å². The number of ether oxygens (including phenoxy) is 4. The van der Waals surface area contributed by atoms with E-state index >= 15 is 0 Å². The van der Waals surface area contributed by atoms with Gasteiger partial charge < -0.3 is 18.9 Å². The number of methoxy groups -OCH3 is 3. The van der Waals surface area contributed by atoms with E-state index in [-0.39, 0.29) is 24.3 Å². The highest BCUT2D eigenvalue weighted by atomic mass is 35.5. The number of halogens is 1. The summed E-state index contributed by atoms with van der Waals surface area (Å²) in [5, 5.41) is 0.425. The summed E-state index contributed by atoms with van der Waals surface area (Å²) >= 11 is 7.78. The second-order valence-corrected chi connectivity index (χ2v) is 9.26. The molecule has 0 fully saturated rings. The van der Waals surface area contributed by atoms with Crippen molar-refractivity contribution in [3.63, 3.8) is 0 Å². The lowest BCUT2D eigenvalue weighted by atomic mass is 9.96. The van der Waals surface area contributed by atoms with Crippen molar-refractivity contribution in [2.75, 3.05) is 34.5 Å². The molecular formula is C26H25ClN2O6S. The van der Waals surface area contributed by atoms with Crippen LogP contribution >= 0.6 is 22.9 Å². The van der Waals surface area contributed by atoms with Gasteiger partial charge >= 0.3 is 5.97 Å². The Labute approximate surface area is 216 Å². The van der Waals surface area contributed by atoms with Crippen molar-refractivity contribution < 1.29 is 23.7 Å². The number of carbonyl (C=O) groups is 1. The zero-order valence-corrected chi connectivity index (χ0v) is 21.8. The average molecular weight is 529 g/mol. The van der Waals surface area contributed by atoms with Gasteiger partial charge in [0, 0.05) is 12.1 Å². The molecular weight excluding hydrogens is 504 g/mol. The monoisotopic (exact) mass is 528 g/mol. The van der Waals surface area contributed by atoms with Gasteiger partial charge in [-0.1, -0.05) is 47.2 Å². The van der Waals surface area contributed by atoms with E-state index in [1.165, 1.54) is 23.0 Å². The first-order valence-corrected chi connectivity index (χ1v) is 12.2. The predicted molar refractivity (Wildman–Crippen MR) is 138 cm³/mol. The Morgan fingerprint density at radius 1 is 1.11 bits per heavy atom. The van der Waals surface area contributed by atoms with Gasteiger partial charge in [-0.15, -0.1) is 0 Å². The predicted octanol–water partition coefficient (Wildman–Crippen LogP) is 3.10. The van der Waals surface area contributed by atoms with Crippen LogP contribution in [0.1, 0.15) is 24.1 Å². The fraction of sp³-hybridized carbons (Fsp3) is 0.269. The first-order chi connectivity index (χ1) is 17.4. The van der Waals surface area contributed by atoms with Crippen LogP contribution in [0, 0.1) is 0 Å². The van der Waals surface area contributed by atoms with Crippen LogP contribution < -0.4 is 24.4 Å². The Morgan fingerprint density at radius 3 is 2.56 bits per heavy atom. The minimum absolute atomic E-state index is 0.0745. The molecule has 0 unspecified atom stereocenters. The third kappa shape index (κ3) is 4.95. The SMILES string of the molecule is COCCOC(=O)C1=C(C)N=c2s/c(=C\c3ccc(OC)c(OC)c3)c(=O)n2[C@@H]1c1ccccc1Cl. The van der Waals surface area contributed by atoms with Crippen molar-refractivity contribution in [2.24, 2.45) is 4.99 Å². The molecule has 0 aliphatic carbocycles. The second-order valence-electron chi connectivity index (χ2n) is 7.85.